The van der Waals surface area contributed by atoms with Crippen LogP contribution in [-0.2, 0) is 39.5 Å². The molecule has 0 aliphatic carbocycles. The molecule has 0 fully saturated rings. The summed E-state index contributed by atoms with van der Waals surface area (Å²) in [5, 5.41) is 1.56. The van der Waals surface area contributed by atoms with Gasteiger partial charge in [-0.2, -0.15) is 0 Å². The van der Waals surface area contributed by atoms with Gasteiger partial charge in [-0.15, -0.1) is 0 Å². The summed E-state index contributed by atoms with van der Waals surface area (Å²) in [7, 11) is -6.89. The van der Waals surface area contributed by atoms with Crippen molar-refractivity contribution in [3.05, 3.63) is 35.4 Å². The lowest BCUT2D eigenvalue weighted by Crippen LogP contribution is -2.06. The van der Waals surface area contributed by atoms with Crippen molar-refractivity contribution in [2.75, 3.05) is 39.6 Å². The van der Waals surface area contributed by atoms with E-state index in [1.54, 1.807) is 0 Å². The summed E-state index contributed by atoms with van der Waals surface area (Å²) in [5.41, 5.74) is 1.55. The van der Waals surface area contributed by atoms with Gasteiger partial charge in [0.15, 0.2) is 0 Å². The van der Waals surface area contributed by atoms with Gasteiger partial charge in [0, 0.05) is 10.8 Å². The Labute approximate surface area is 279 Å². The Hall–Kier alpha value is -1.40. The number of benzene rings is 2. The highest BCUT2D eigenvalue weighted by molar-refractivity contribution is 7.53. The summed E-state index contributed by atoms with van der Waals surface area (Å²) in [6.07, 6.45) is 14.0. The largest absolute Gasteiger partial charge is 0.493 e. The van der Waals surface area contributed by atoms with E-state index in [2.05, 4.69) is 13.8 Å². The van der Waals surface area contributed by atoms with E-state index in [1.165, 1.54) is 51.4 Å². The standard InChI is InChI=1S/C36H62O8P2/c1-7-13-15-17-19-21-27-39-33-25-23-32(30-46(38,43-11-5)44-12-6)36-34(40-28-22-20-18-16-14-8-2)26-24-31(35(33)36)29-45(37,41-9-3)42-10-4/h23-26H,7-22,27-30H2,1-6H3. The summed E-state index contributed by atoms with van der Waals surface area (Å²) < 4.78 is 63.4. The molecule has 0 saturated heterocycles. The predicted molar refractivity (Wildman–Crippen MR) is 191 cm³/mol. The molecule has 0 amide bonds. The van der Waals surface area contributed by atoms with Gasteiger partial charge in [-0.3, -0.25) is 9.13 Å². The fourth-order valence-corrected chi connectivity index (χ4v) is 9.11. The summed E-state index contributed by atoms with van der Waals surface area (Å²) >= 11 is 0. The van der Waals surface area contributed by atoms with Crippen LogP contribution in [0.2, 0.25) is 0 Å². The number of unbranched alkanes of at least 4 members (excludes halogenated alkanes) is 10. The topological polar surface area (TPSA) is 89.5 Å². The van der Waals surface area contributed by atoms with Crippen molar-refractivity contribution in [1.82, 2.24) is 0 Å². The normalized spacial score (nSPS) is 12.2. The zero-order valence-electron chi connectivity index (χ0n) is 29.6. The lowest BCUT2D eigenvalue weighted by atomic mass is 9.99. The summed E-state index contributed by atoms with van der Waals surface area (Å²) in [6.45, 7) is 13.9. The molecule has 0 aliphatic heterocycles. The molecule has 0 saturated carbocycles. The average Bonchev–Trinajstić information content (AvgIpc) is 3.02. The zero-order chi connectivity index (χ0) is 33.7. The minimum absolute atomic E-state index is 0.0777. The van der Waals surface area contributed by atoms with Gasteiger partial charge in [0.2, 0.25) is 0 Å². The molecule has 0 N–H and O–H groups in total. The molecule has 0 atom stereocenters. The van der Waals surface area contributed by atoms with E-state index in [4.69, 9.17) is 27.6 Å². The van der Waals surface area contributed by atoms with Gasteiger partial charge in [-0.25, -0.2) is 0 Å². The molecular weight excluding hydrogens is 622 g/mol. The number of rotatable bonds is 28. The number of fused-ring (bicyclic) bond motifs is 1. The van der Waals surface area contributed by atoms with E-state index in [-0.39, 0.29) is 38.8 Å². The van der Waals surface area contributed by atoms with Crippen molar-refractivity contribution in [3.8, 4) is 11.5 Å². The van der Waals surface area contributed by atoms with Crippen LogP contribution < -0.4 is 9.47 Å². The highest BCUT2D eigenvalue weighted by Gasteiger charge is 2.30. The van der Waals surface area contributed by atoms with Crippen LogP contribution in [-0.4, -0.2) is 39.6 Å². The zero-order valence-corrected chi connectivity index (χ0v) is 31.4. The Morgan fingerprint density at radius 3 is 1.11 bits per heavy atom. The van der Waals surface area contributed by atoms with Crippen molar-refractivity contribution in [1.29, 1.82) is 0 Å². The molecule has 8 nitrogen and oxygen atoms in total. The summed E-state index contributed by atoms with van der Waals surface area (Å²) in [4.78, 5) is 0. The molecule has 46 heavy (non-hydrogen) atoms. The van der Waals surface area contributed by atoms with Crippen LogP contribution in [0, 0.1) is 0 Å². The molecule has 264 valence electrons. The maximum Gasteiger partial charge on any atom is 0.335 e. The molecule has 0 aromatic heterocycles. The lowest BCUT2D eigenvalue weighted by Gasteiger charge is -2.23. The molecule has 0 bridgehead atoms. The molecule has 0 aliphatic rings. The molecule has 2 rings (SSSR count). The highest BCUT2D eigenvalue weighted by Crippen LogP contribution is 2.56. The van der Waals surface area contributed by atoms with Gasteiger partial charge in [0.1, 0.15) is 11.5 Å². The second-order valence-electron chi connectivity index (χ2n) is 11.6. The molecule has 10 heteroatoms. The summed E-state index contributed by atoms with van der Waals surface area (Å²) in [5.74, 6) is 1.35. The third-order valence-corrected chi connectivity index (χ3v) is 11.9. The minimum Gasteiger partial charge on any atom is -0.493 e. The second-order valence-corrected chi connectivity index (χ2v) is 15.7. The van der Waals surface area contributed by atoms with Crippen molar-refractivity contribution in [3.63, 3.8) is 0 Å². The highest BCUT2D eigenvalue weighted by atomic mass is 31.2. The molecular formula is C36H62O8P2. The summed E-state index contributed by atoms with van der Waals surface area (Å²) in [6, 6.07) is 7.72. The van der Waals surface area contributed by atoms with E-state index < -0.39 is 15.2 Å². The van der Waals surface area contributed by atoms with Gasteiger partial charge < -0.3 is 27.6 Å². The SMILES string of the molecule is CCCCCCCCOc1ccc(CP(=O)(OCC)OCC)c2c(OCCCCCCCC)ccc(CP(=O)(OCC)OCC)c12. The molecule has 2 aromatic carbocycles. The van der Waals surface area contributed by atoms with E-state index in [0.29, 0.717) is 24.7 Å². The van der Waals surface area contributed by atoms with Crippen LogP contribution in [0.5, 0.6) is 11.5 Å². The second kappa shape index (κ2) is 23.0. The lowest BCUT2D eigenvalue weighted by molar-refractivity contribution is 0.218. The van der Waals surface area contributed by atoms with E-state index in [9.17, 15) is 9.13 Å². The maximum absolute atomic E-state index is 13.8. The van der Waals surface area contributed by atoms with Crippen molar-refractivity contribution in [2.45, 2.75) is 131 Å². The third kappa shape index (κ3) is 14.0. The fourth-order valence-electron chi connectivity index (χ4n) is 5.66. The first-order valence-electron chi connectivity index (χ1n) is 17.9. The van der Waals surface area contributed by atoms with Crippen molar-refractivity contribution < 1.29 is 36.7 Å². The van der Waals surface area contributed by atoms with Gasteiger partial charge in [-0.1, -0.05) is 90.2 Å². The van der Waals surface area contributed by atoms with Crippen LogP contribution >= 0.6 is 15.2 Å². The van der Waals surface area contributed by atoms with Crippen LogP contribution in [0.25, 0.3) is 10.8 Å². The van der Waals surface area contributed by atoms with Crippen LogP contribution in [0.3, 0.4) is 0 Å². The Bertz CT molecular complexity index is 1100. The third-order valence-electron chi connectivity index (χ3n) is 7.80. The molecule has 0 unspecified atom stereocenters. The Balaban J connectivity index is 2.61. The van der Waals surface area contributed by atoms with Crippen LogP contribution in [0.4, 0.5) is 0 Å². The number of hydrogen-bond donors (Lipinski definition) is 0. The van der Waals surface area contributed by atoms with E-state index in [1.807, 2.05) is 52.0 Å². The maximum atomic E-state index is 13.8. The van der Waals surface area contributed by atoms with Gasteiger partial charge >= 0.3 is 15.2 Å². The Morgan fingerprint density at radius 2 is 0.783 bits per heavy atom. The molecule has 0 spiro atoms. The first-order valence-corrected chi connectivity index (χ1v) is 21.3. The fraction of sp³-hybridized carbons (Fsp3) is 0.722. The molecule has 0 radical (unpaired) electrons. The van der Waals surface area contributed by atoms with Crippen molar-refractivity contribution in [2.24, 2.45) is 0 Å². The first-order chi connectivity index (χ1) is 22.3. The van der Waals surface area contributed by atoms with Gasteiger partial charge in [-0.05, 0) is 63.8 Å². The Morgan fingerprint density at radius 1 is 0.457 bits per heavy atom. The first kappa shape index (κ1) is 40.8. The van der Waals surface area contributed by atoms with E-state index in [0.717, 1.165) is 47.6 Å². The van der Waals surface area contributed by atoms with Gasteiger partial charge in [0.05, 0.1) is 52.0 Å². The predicted octanol–water partition coefficient (Wildman–Crippen LogP) is 11.9. The van der Waals surface area contributed by atoms with Gasteiger partial charge in [0.25, 0.3) is 0 Å². The smallest absolute Gasteiger partial charge is 0.335 e. The number of hydrogen-bond acceptors (Lipinski definition) is 8. The quantitative estimate of drug-likeness (QED) is 0.0646. The van der Waals surface area contributed by atoms with Crippen LogP contribution in [0.1, 0.15) is 130 Å². The average molecular weight is 685 g/mol. The molecule has 0 heterocycles. The minimum atomic E-state index is -3.45. The molecule has 2 aromatic rings. The monoisotopic (exact) mass is 684 g/mol. The van der Waals surface area contributed by atoms with Crippen LogP contribution in [0.15, 0.2) is 24.3 Å². The van der Waals surface area contributed by atoms with E-state index >= 15 is 0 Å². The van der Waals surface area contributed by atoms with Crippen molar-refractivity contribution >= 4 is 26.0 Å². The number of ether oxygens (including phenoxy) is 2. The Kier molecular flexibility index (Phi) is 20.4.